The minimum Gasteiger partial charge on any atom is -0.313 e. The summed E-state index contributed by atoms with van der Waals surface area (Å²) in [5.41, 5.74) is 2.39. The highest BCUT2D eigenvalue weighted by atomic mass is 16.2. The fraction of sp³-hybridized carbons (Fsp3) is 0.562. The molecule has 4 heteroatoms. The lowest BCUT2D eigenvalue weighted by Crippen LogP contribution is -2.42. The number of benzene rings is 1. The summed E-state index contributed by atoms with van der Waals surface area (Å²) >= 11 is 0. The highest BCUT2D eigenvalue weighted by Crippen LogP contribution is 2.27. The zero-order valence-corrected chi connectivity index (χ0v) is 12.1. The molecule has 1 fully saturated rings. The highest BCUT2D eigenvalue weighted by molar-refractivity contribution is 5.96. The van der Waals surface area contributed by atoms with Crippen molar-refractivity contribution in [2.45, 2.75) is 25.3 Å². The number of para-hydroxylation sites is 1. The topological polar surface area (TPSA) is 35.6 Å². The van der Waals surface area contributed by atoms with Gasteiger partial charge in [0.25, 0.3) is 0 Å². The van der Waals surface area contributed by atoms with E-state index in [1.807, 2.05) is 24.1 Å². The number of rotatable bonds is 4. The Balaban J connectivity index is 1.57. The first-order valence-corrected chi connectivity index (χ1v) is 7.54. The third-order valence-electron chi connectivity index (χ3n) is 4.29. The van der Waals surface area contributed by atoms with Crippen molar-refractivity contribution in [1.29, 1.82) is 0 Å². The van der Waals surface area contributed by atoms with Gasteiger partial charge in [-0.1, -0.05) is 18.2 Å². The molecule has 1 amide bonds. The van der Waals surface area contributed by atoms with Crippen LogP contribution in [-0.2, 0) is 11.2 Å². The fourth-order valence-corrected chi connectivity index (χ4v) is 3.27. The van der Waals surface area contributed by atoms with Crippen molar-refractivity contribution in [2.24, 2.45) is 0 Å². The summed E-state index contributed by atoms with van der Waals surface area (Å²) in [4.78, 5) is 16.5. The predicted molar refractivity (Wildman–Crippen MR) is 81.0 cm³/mol. The molecule has 0 aromatic heterocycles. The molecule has 3 rings (SSSR count). The minimum atomic E-state index is 0.218. The molecule has 0 aliphatic carbocycles. The Morgan fingerprint density at radius 2 is 2.30 bits per heavy atom. The van der Waals surface area contributed by atoms with Crippen LogP contribution in [-0.4, -0.2) is 50.1 Å². The summed E-state index contributed by atoms with van der Waals surface area (Å²) in [6.07, 6.45) is 3.47. The van der Waals surface area contributed by atoms with Crippen LogP contribution >= 0.6 is 0 Å². The molecule has 1 aromatic rings. The van der Waals surface area contributed by atoms with E-state index in [1.165, 1.54) is 18.4 Å². The van der Waals surface area contributed by atoms with Gasteiger partial charge in [-0.25, -0.2) is 0 Å². The molecule has 1 saturated heterocycles. The zero-order valence-electron chi connectivity index (χ0n) is 12.1. The third kappa shape index (κ3) is 2.86. The van der Waals surface area contributed by atoms with Gasteiger partial charge in [-0.2, -0.15) is 0 Å². The van der Waals surface area contributed by atoms with Gasteiger partial charge in [-0.15, -0.1) is 0 Å². The smallest absolute Gasteiger partial charge is 0.241 e. The van der Waals surface area contributed by atoms with Gasteiger partial charge >= 0.3 is 0 Å². The molecule has 4 nitrogen and oxygen atoms in total. The molecule has 2 aliphatic rings. The van der Waals surface area contributed by atoms with Crippen LogP contribution in [0.15, 0.2) is 24.3 Å². The van der Waals surface area contributed by atoms with Gasteiger partial charge < -0.3 is 10.2 Å². The monoisotopic (exact) mass is 273 g/mol. The first-order chi connectivity index (χ1) is 9.74. The molecule has 1 atom stereocenters. The van der Waals surface area contributed by atoms with Crippen LogP contribution < -0.4 is 10.2 Å². The molecule has 0 bridgehead atoms. The number of nitrogens with one attached hydrogen (secondary N) is 1. The molecule has 2 heterocycles. The maximum Gasteiger partial charge on any atom is 0.241 e. The first-order valence-electron chi connectivity index (χ1n) is 7.54. The molecule has 1 unspecified atom stereocenters. The maximum absolute atomic E-state index is 12.5. The normalized spacial score (nSPS) is 21.5. The minimum absolute atomic E-state index is 0.218. The van der Waals surface area contributed by atoms with Gasteiger partial charge in [0.2, 0.25) is 5.91 Å². The van der Waals surface area contributed by atoms with E-state index in [0.717, 1.165) is 31.7 Å². The molecule has 20 heavy (non-hydrogen) atoms. The Morgan fingerprint density at radius 3 is 3.10 bits per heavy atom. The van der Waals surface area contributed by atoms with Crippen molar-refractivity contribution in [3.05, 3.63) is 29.8 Å². The lowest BCUT2D eigenvalue weighted by molar-refractivity contribution is -0.119. The molecular formula is C16H23N3O. The average molecular weight is 273 g/mol. The van der Waals surface area contributed by atoms with Crippen molar-refractivity contribution in [2.75, 3.05) is 38.1 Å². The number of anilines is 1. The number of carbonyl (C=O) groups excluding carboxylic acids is 1. The lowest BCUT2D eigenvalue weighted by atomic mass is 10.2. The number of hydrogen-bond acceptors (Lipinski definition) is 3. The van der Waals surface area contributed by atoms with Crippen LogP contribution in [0.2, 0.25) is 0 Å². The van der Waals surface area contributed by atoms with Gasteiger partial charge in [0.05, 0.1) is 6.54 Å². The van der Waals surface area contributed by atoms with E-state index in [1.54, 1.807) is 0 Å². The number of fused-ring (bicyclic) bond motifs is 1. The summed E-state index contributed by atoms with van der Waals surface area (Å²) in [7, 11) is 2.04. The number of carbonyl (C=O) groups is 1. The second-order valence-corrected chi connectivity index (χ2v) is 5.91. The summed E-state index contributed by atoms with van der Waals surface area (Å²) in [5.74, 6) is 0.218. The number of likely N-dealkylation sites (N-methyl/N-ethyl adjacent to an activating group) is 1. The van der Waals surface area contributed by atoms with Crippen LogP contribution in [0.25, 0.3) is 0 Å². The average Bonchev–Trinajstić information content (AvgIpc) is 3.07. The Morgan fingerprint density at radius 1 is 1.45 bits per heavy atom. The van der Waals surface area contributed by atoms with E-state index in [0.29, 0.717) is 12.6 Å². The highest BCUT2D eigenvalue weighted by Gasteiger charge is 2.25. The summed E-state index contributed by atoms with van der Waals surface area (Å²) in [5, 5.41) is 3.48. The van der Waals surface area contributed by atoms with Crippen LogP contribution in [0.5, 0.6) is 0 Å². The Kier molecular flexibility index (Phi) is 4.03. The van der Waals surface area contributed by atoms with E-state index in [4.69, 9.17) is 0 Å². The number of nitrogens with zero attached hydrogens (tertiary/aromatic N) is 2. The Hall–Kier alpha value is -1.39. The molecule has 0 saturated carbocycles. The maximum atomic E-state index is 12.5. The molecule has 2 aliphatic heterocycles. The second kappa shape index (κ2) is 5.94. The molecule has 108 valence electrons. The lowest BCUT2D eigenvalue weighted by Gasteiger charge is -2.24. The second-order valence-electron chi connectivity index (χ2n) is 5.91. The third-order valence-corrected chi connectivity index (χ3v) is 4.29. The van der Waals surface area contributed by atoms with Crippen molar-refractivity contribution < 1.29 is 4.79 Å². The van der Waals surface area contributed by atoms with Crippen molar-refractivity contribution >= 4 is 11.6 Å². The van der Waals surface area contributed by atoms with Crippen LogP contribution in [0.1, 0.15) is 18.4 Å². The summed E-state index contributed by atoms with van der Waals surface area (Å²) in [6, 6.07) is 8.79. The predicted octanol–water partition coefficient (Wildman–Crippen LogP) is 1.26. The van der Waals surface area contributed by atoms with Crippen LogP contribution in [0, 0.1) is 0 Å². The number of amides is 1. The summed E-state index contributed by atoms with van der Waals surface area (Å²) in [6.45, 7) is 3.41. The van der Waals surface area contributed by atoms with Gasteiger partial charge in [0, 0.05) is 24.8 Å². The molecule has 1 N–H and O–H groups in total. The van der Waals surface area contributed by atoms with E-state index in [2.05, 4.69) is 22.3 Å². The van der Waals surface area contributed by atoms with Crippen LogP contribution in [0.3, 0.4) is 0 Å². The van der Waals surface area contributed by atoms with Crippen LogP contribution in [0.4, 0.5) is 5.69 Å². The quantitative estimate of drug-likeness (QED) is 0.897. The van der Waals surface area contributed by atoms with Gasteiger partial charge in [0.1, 0.15) is 0 Å². The summed E-state index contributed by atoms with van der Waals surface area (Å²) < 4.78 is 0. The van der Waals surface area contributed by atoms with Crippen molar-refractivity contribution in [3.8, 4) is 0 Å². The Bertz CT molecular complexity index is 482. The molecular weight excluding hydrogens is 250 g/mol. The van der Waals surface area contributed by atoms with Gasteiger partial charge in [0.15, 0.2) is 0 Å². The van der Waals surface area contributed by atoms with E-state index >= 15 is 0 Å². The van der Waals surface area contributed by atoms with E-state index < -0.39 is 0 Å². The number of hydrogen-bond donors (Lipinski definition) is 1. The Labute approximate surface area is 120 Å². The zero-order chi connectivity index (χ0) is 13.9. The standard InChI is InChI=1S/C16H23N3O/c1-18(11-14-6-4-9-17-14)12-16(20)19-10-8-13-5-2-3-7-15(13)19/h2-3,5,7,14,17H,4,6,8-12H2,1H3. The molecule has 1 aromatic carbocycles. The fourth-order valence-electron chi connectivity index (χ4n) is 3.27. The van der Waals surface area contributed by atoms with Crippen molar-refractivity contribution in [3.63, 3.8) is 0 Å². The van der Waals surface area contributed by atoms with Gasteiger partial charge in [-0.05, 0) is 44.5 Å². The SMILES string of the molecule is CN(CC(=O)N1CCc2ccccc21)CC1CCCN1. The molecule has 0 radical (unpaired) electrons. The first kappa shape index (κ1) is 13.6. The molecule has 0 spiro atoms. The van der Waals surface area contributed by atoms with Crippen molar-refractivity contribution in [1.82, 2.24) is 10.2 Å². The van der Waals surface area contributed by atoms with Gasteiger partial charge in [-0.3, -0.25) is 9.69 Å². The van der Waals surface area contributed by atoms with E-state index in [-0.39, 0.29) is 5.91 Å². The largest absolute Gasteiger partial charge is 0.313 e. The van der Waals surface area contributed by atoms with E-state index in [9.17, 15) is 4.79 Å².